The lowest BCUT2D eigenvalue weighted by Crippen LogP contribution is -2.42. The van der Waals surface area contributed by atoms with Gasteiger partial charge in [-0.25, -0.2) is 0 Å². The van der Waals surface area contributed by atoms with Crippen LogP contribution in [0.4, 0.5) is 0 Å². The van der Waals surface area contributed by atoms with E-state index in [9.17, 15) is 4.79 Å². The summed E-state index contributed by atoms with van der Waals surface area (Å²) in [6, 6.07) is 0. The van der Waals surface area contributed by atoms with E-state index in [1.54, 1.807) is 0 Å². The molecule has 3 nitrogen and oxygen atoms in total. The number of carbonyl (C=O) groups excluding carboxylic acids is 1. The normalized spacial score (nSPS) is 21.4. The summed E-state index contributed by atoms with van der Waals surface area (Å²) in [5, 5.41) is 6.23. The number of nitrogens with one attached hydrogen (secondary N) is 2. The van der Waals surface area contributed by atoms with Gasteiger partial charge in [-0.15, -0.1) is 0 Å². The monoisotopic (exact) mass is 226 g/mol. The van der Waals surface area contributed by atoms with Crippen molar-refractivity contribution < 1.29 is 4.79 Å². The van der Waals surface area contributed by atoms with Gasteiger partial charge in [0.15, 0.2) is 0 Å². The van der Waals surface area contributed by atoms with Gasteiger partial charge in [-0.1, -0.05) is 33.1 Å². The summed E-state index contributed by atoms with van der Waals surface area (Å²) in [6.45, 7) is 6.01. The maximum atomic E-state index is 12.1. The third-order valence-corrected chi connectivity index (χ3v) is 3.67. The molecule has 0 spiro atoms. The Morgan fingerprint density at radius 3 is 2.44 bits per heavy atom. The molecule has 0 radical (unpaired) electrons. The van der Waals surface area contributed by atoms with Crippen molar-refractivity contribution in [1.29, 1.82) is 0 Å². The highest BCUT2D eigenvalue weighted by Gasteiger charge is 2.34. The lowest BCUT2D eigenvalue weighted by Gasteiger charge is -2.32. The van der Waals surface area contributed by atoms with Gasteiger partial charge in [0, 0.05) is 12.0 Å². The first-order chi connectivity index (χ1) is 7.58. The number of carbonyl (C=O) groups is 1. The van der Waals surface area contributed by atoms with Crippen LogP contribution in [0.15, 0.2) is 0 Å². The predicted molar refractivity (Wildman–Crippen MR) is 67.3 cm³/mol. The summed E-state index contributed by atoms with van der Waals surface area (Å²) in [5.74, 6) is 0.760. The Morgan fingerprint density at radius 2 is 1.88 bits per heavy atom. The van der Waals surface area contributed by atoms with E-state index in [1.807, 2.05) is 7.05 Å². The summed E-state index contributed by atoms with van der Waals surface area (Å²) in [4.78, 5) is 12.1. The van der Waals surface area contributed by atoms with Crippen LogP contribution < -0.4 is 10.6 Å². The van der Waals surface area contributed by atoms with Crippen LogP contribution in [0.1, 0.15) is 46.0 Å². The molecule has 1 fully saturated rings. The first-order valence-corrected chi connectivity index (χ1v) is 6.51. The molecule has 94 valence electrons. The van der Waals surface area contributed by atoms with Crippen molar-refractivity contribution in [2.75, 3.05) is 20.1 Å². The Kier molecular flexibility index (Phi) is 5.26. The van der Waals surface area contributed by atoms with Crippen molar-refractivity contribution in [3.8, 4) is 0 Å². The smallest absolute Gasteiger partial charge is 0.225 e. The van der Waals surface area contributed by atoms with Gasteiger partial charge in [0.1, 0.15) is 0 Å². The highest BCUT2D eigenvalue weighted by atomic mass is 16.2. The van der Waals surface area contributed by atoms with Crippen LogP contribution in [0.25, 0.3) is 0 Å². The molecule has 3 heteroatoms. The number of rotatable bonds is 5. The van der Waals surface area contributed by atoms with Crippen molar-refractivity contribution in [1.82, 2.24) is 10.6 Å². The van der Waals surface area contributed by atoms with E-state index in [-0.39, 0.29) is 11.3 Å². The van der Waals surface area contributed by atoms with Gasteiger partial charge in [0.2, 0.25) is 5.91 Å². The minimum atomic E-state index is -0.0996. The highest BCUT2D eigenvalue weighted by molar-refractivity contribution is 5.82. The molecule has 0 heterocycles. The summed E-state index contributed by atoms with van der Waals surface area (Å²) < 4.78 is 0. The first-order valence-electron chi connectivity index (χ1n) is 6.51. The number of amides is 1. The zero-order chi connectivity index (χ0) is 12.0. The SMILES string of the molecule is CNCC(C)CNC(=O)C1(C)CCCCC1. The van der Waals surface area contributed by atoms with Gasteiger partial charge in [0.05, 0.1) is 0 Å². The van der Waals surface area contributed by atoms with Crippen molar-refractivity contribution in [2.45, 2.75) is 46.0 Å². The van der Waals surface area contributed by atoms with E-state index in [4.69, 9.17) is 0 Å². The molecule has 0 aliphatic heterocycles. The van der Waals surface area contributed by atoms with Crippen LogP contribution in [0.5, 0.6) is 0 Å². The quantitative estimate of drug-likeness (QED) is 0.752. The first kappa shape index (κ1) is 13.5. The largest absolute Gasteiger partial charge is 0.355 e. The van der Waals surface area contributed by atoms with Crippen LogP contribution in [-0.2, 0) is 4.79 Å². The number of hydrogen-bond donors (Lipinski definition) is 2. The molecule has 2 N–H and O–H groups in total. The third-order valence-electron chi connectivity index (χ3n) is 3.67. The minimum Gasteiger partial charge on any atom is -0.355 e. The van der Waals surface area contributed by atoms with Crippen molar-refractivity contribution in [3.63, 3.8) is 0 Å². The van der Waals surface area contributed by atoms with Crippen molar-refractivity contribution in [3.05, 3.63) is 0 Å². The van der Waals surface area contributed by atoms with E-state index < -0.39 is 0 Å². The summed E-state index contributed by atoms with van der Waals surface area (Å²) in [7, 11) is 1.95. The lowest BCUT2D eigenvalue weighted by molar-refractivity contribution is -0.132. The number of hydrogen-bond acceptors (Lipinski definition) is 2. The molecule has 0 aromatic carbocycles. The van der Waals surface area contributed by atoms with E-state index in [1.165, 1.54) is 19.3 Å². The van der Waals surface area contributed by atoms with Gasteiger partial charge in [-0.2, -0.15) is 0 Å². The Balaban J connectivity index is 2.33. The second kappa shape index (κ2) is 6.24. The highest BCUT2D eigenvalue weighted by Crippen LogP contribution is 2.35. The Labute approximate surface area is 99.4 Å². The van der Waals surface area contributed by atoms with Crippen molar-refractivity contribution in [2.24, 2.45) is 11.3 Å². The fourth-order valence-corrected chi connectivity index (χ4v) is 2.46. The lowest BCUT2D eigenvalue weighted by atomic mass is 9.75. The summed E-state index contributed by atoms with van der Waals surface area (Å²) in [5.41, 5.74) is -0.0996. The predicted octanol–water partition coefficient (Wildman–Crippen LogP) is 1.93. The third kappa shape index (κ3) is 3.78. The van der Waals surface area contributed by atoms with Crippen LogP contribution in [0.2, 0.25) is 0 Å². The molecule has 1 aliphatic rings. The van der Waals surface area contributed by atoms with E-state index in [2.05, 4.69) is 24.5 Å². The molecular weight excluding hydrogens is 200 g/mol. The molecular formula is C13H26N2O. The second-order valence-corrected chi connectivity index (χ2v) is 5.49. The van der Waals surface area contributed by atoms with Crippen molar-refractivity contribution >= 4 is 5.91 Å². The van der Waals surface area contributed by atoms with Crippen LogP contribution in [0, 0.1) is 11.3 Å². The van der Waals surface area contributed by atoms with E-state index >= 15 is 0 Å². The topological polar surface area (TPSA) is 41.1 Å². The summed E-state index contributed by atoms with van der Waals surface area (Å²) in [6.07, 6.45) is 5.81. The molecule has 0 aromatic heterocycles. The zero-order valence-electron chi connectivity index (χ0n) is 10.9. The molecule has 1 rings (SSSR count). The van der Waals surface area contributed by atoms with Gasteiger partial charge < -0.3 is 10.6 Å². The van der Waals surface area contributed by atoms with Crippen LogP contribution in [0.3, 0.4) is 0 Å². The molecule has 0 bridgehead atoms. The van der Waals surface area contributed by atoms with Gasteiger partial charge in [-0.05, 0) is 32.4 Å². The molecule has 1 atom stereocenters. The maximum Gasteiger partial charge on any atom is 0.225 e. The second-order valence-electron chi connectivity index (χ2n) is 5.49. The van der Waals surface area contributed by atoms with E-state index in [0.29, 0.717) is 5.92 Å². The standard InChI is InChI=1S/C13H26N2O/c1-11(9-14-3)10-15-12(16)13(2)7-5-4-6-8-13/h11,14H,4-10H2,1-3H3,(H,15,16). The Morgan fingerprint density at radius 1 is 1.25 bits per heavy atom. The molecule has 1 unspecified atom stereocenters. The molecule has 0 saturated heterocycles. The maximum absolute atomic E-state index is 12.1. The average molecular weight is 226 g/mol. The molecule has 1 amide bonds. The Hall–Kier alpha value is -0.570. The van der Waals surface area contributed by atoms with Gasteiger partial charge in [-0.3, -0.25) is 4.79 Å². The Bertz CT molecular complexity index is 222. The molecule has 1 aliphatic carbocycles. The van der Waals surface area contributed by atoms with Crippen LogP contribution in [-0.4, -0.2) is 26.0 Å². The fourth-order valence-electron chi connectivity index (χ4n) is 2.46. The minimum absolute atomic E-state index is 0.0996. The van der Waals surface area contributed by atoms with E-state index in [0.717, 1.165) is 25.9 Å². The fraction of sp³-hybridized carbons (Fsp3) is 0.923. The molecule has 1 saturated carbocycles. The van der Waals surface area contributed by atoms with Gasteiger partial charge >= 0.3 is 0 Å². The molecule has 16 heavy (non-hydrogen) atoms. The average Bonchev–Trinajstić information content (AvgIpc) is 2.27. The molecule has 0 aromatic rings. The zero-order valence-corrected chi connectivity index (χ0v) is 10.9. The summed E-state index contributed by atoms with van der Waals surface area (Å²) >= 11 is 0. The van der Waals surface area contributed by atoms with Gasteiger partial charge in [0.25, 0.3) is 0 Å². The van der Waals surface area contributed by atoms with Crippen LogP contribution >= 0.6 is 0 Å².